The summed E-state index contributed by atoms with van der Waals surface area (Å²) in [5.74, 6) is 2.46. The molecule has 3 nitrogen and oxygen atoms in total. The van der Waals surface area contributed by atoms with Crippen LogP contribution in [0.15, 0.2) is 0 Å². The zero-order valence-electron chi connectivity index (χ0n) is 10.6. The Morgan fingerprint density at radius 2 is 2.25 bits per heavy atom. The van der Waals surface area contributed by atoms with Gasteiger partial charge in [-0.25, -0.2) is 4.98 Å². The van der Waals surface area contributed by atoms with Crippen LogP contribution < -0.4 is 5.32 Å². The summed E-state index contributed by atoms with van der Waals surface area (Å²) in [5.41, 5.74) is 2.48. The molecule has 2 rings (SSSR count). The normalized spacial score (nSPS) is 21.6. The Balaban J connectivity index is 2.01. The smallest absolute Gasteiger partial charge is 0.106 e. The van der Waals surface area contributed by atoms with Crippen LogP contribution in [0.2, 0.25) is 0 Å². The third-order valence-electron chi connectivity index (χ3n) is 3.40. The van der Waals surface area contributed by atoms with Crippen molar-refractivity contribution in [2.75, 3.05) is 13.1 Å². The number of hydrogen-bond acceptors (Lipinski definition) is 2. The average Bonchev–Trinajstić information content (AvgIpc) is 2.61. The van der Waals surface area contributed by atoms with Crippen LogP contribution in [-0.2, 0) is 6.42 Å². The number of imidazole rings is 1. The monoisotopic (exact) mass is 221 g/mol. The fourth-order valence-corrected chi connectivity index (χ4v) is 2.57. The van der Waals surface area contributed by atoms with E-state index in [4.69, 9.17) is 4.98 Å². The summed E-state index contributed by atoms with van der Waals surface area (Å²) in [5, 5.41) is 3.46. The summed E-state index contributed by atoms with van der Waals surface area (Å²) in [4.78, 5) is 8.15. The Morgan fingerprint density at radius 3 is 2.81 bits per heavy atom. The van der Waals surface area contributed by atoms with Gasteiger partial charge in [0.05, 0.1) is 5.69 Å². The van der Waals surface area contributed by atoms with Crippen molar-refractivity contribution < 1.29 is 0 Å². The molecule has 0 aliphatic carbocycles. The maximum atomic E-state index is 4.72. The van der Waals surface area contributed by atoms with Gasteiger partial charge in [0.1, 0.15) is 5.82 Å². The molecule has 1 aliphatic heterocycles. The van der Waals surface area contributed by atoms with Crippen LogP contribution in [0.4, 0.5) is 0 Å². The van der Waals surface area contributed by atoms with E-state index in [1.165, 1.54) is 36.6 Å². The maximum absolute atomic E-state index is 4.72. The molecule has 2 N–H and O–H groups in total. The zero-order chi connectivity index (χ0) is 11.5. The summed E-state index contributed by atoms with van der Waals surface area (Å²) < 4.78 is 0. The largest absolute Gasteiger partial charge is 0.346 e. The van der Waals surface area contributed by atoms with Gasteiger partial charge in [0, 0.05) is 12.1 Å². The van der Waals surface area contributed by atoms with Gasteiger partial charge < -0.3 is 10.3 Å². The van der Waals surface area contributed by atoms with Gasteiger partial charge in [-0.15, -0.1) is 0 Å². The van der Waals surface area contributed by atoms with Crippen molar-refractivity contribution in [3.05, 3.63) is 17.2 Å². The lowest BCUT2D eigenvalue weighted by atomic mass is 9.96. The first-order valence-corrected chi connectivity index (χ1v) is 6.43. The number of rotatable bonds is 3. The highest BCUT2D eigenvalue weighted by Gasteiger charge is 2.17. The van der Waals surface area contributed by atoms with E-state index in [9.17, 15) is 0 Å². The molecule has 3 heteroatoms. The lowest BCUT2D eigenvalue weighted by Gasteiger charge is -2.21. The quantitative estimate of drug-likeness (QED) is 0.822. The molecule has 90 valence electrons. The molecule has 1 saturated heterocycles. The van der Waals surface area contributed by atoms with Crippen molar-refractivity contribution in [2.45, 2.75) is 46.0 Å². The van der Waals surface area contributed by atoms with Crippen LogP contribution >= 0.6 is 0 Å². The SMILES string of the molecule is Cc1[nH]c(CC2CCCNC2)nc1C(C)C. The van der Waals surface area contributed by atoms with Crippen molar-refractivity contribution in [2.24, 2.45) is 5.92 Å². The van der Waals surface area contributed by atoms with E-state index in [2.05, 4.69) is 31.1 Å². The summed E-state index contributed by atoms with van der Waals surface area (Å²) in [6.07, 6.45) is 3.74. The second-order valence-corrected chi connectivity index (χ2v) is 5.26. The minimum atomic E-state index is 0.523. The molecule has 0 amide bonds. The fraction of sp³-hybridized carbons (Fsp3) is 0.769. The third-order valence-corrected chi connectivity index (χ3v) is 3.40. The molecule has 0 bridgehead atoms. The standard InChI is InChI=1S/C13H23N3/c1-9(2)13-10(3)15-12(16-13)7-11-5-4-6-14-8-11/h9,11,14H,4-8H2,1-3H3,(H,15,16). The molecule has 2 heterocycles. The Bertz CT molecular complexity index is 335. The molecule has 1 aliphatic rings. The number of nitrogens with zero attached hydrogens (tertiary/aromatic N) is 1. The van der Waals surface area contributed by atoms with Gasteiger partial charge in [0.25, 0.3) is 0 Å². The van der Waals surface area contributed by atoms with Crippen molar-refractivity contribution in [1.82, 2.24) is 15.3 Å². The Kier molecular flexibility index (Phi) is 3.64. The summed E-state index contributed by atoms with van der Waals surface area (Å²) in [6.45, 7) is 8.87. The van der Waals surface area contributed by atoms with E-state index in [0.29, 0.717) is 5.92 Å². The predicted octanol–water partition coefficient (Wildman–Crippen LogP) is 2.38. The van der Waals surface area contributed by atoms with E-state index in [1.54, 1.807) is 0 Å². The summed E-state index contributed by atoms with van der Waals surface area (Å²) >= 11 is 0. The molecule has 1 fully saturated rings. The van der Waals surface area contributed by atoms with Crippen LogP contribution in [0.3, 0.4) is 0 Å². The topological polar surface area (TPSA) is 40.7 Å². The highest BCUT2D eigenvalue weighted by molar-refractivity contribution is 5.16. The van der Waals surface area contributed by atoms with Crippen molar-refractivity contribution in [1.29, 1.82) is 0 Å². The third kappa shape index (κ3) is 2.64. The van der Waals surface area contributed by atoms with Crippen molar-refractivity contribution >= 4 is 0 Å². The van der Waals surface area contributed by atoms with Crippen LogP contribution in [0.1, 0.15) is 49.8 Å². The minimum Gasteiger partial charge on any atom is -0.346 e. The molecular weight excluding hydrogens is 198 g/mol. The molecule has 16 heavy (non-hydrogen) atoms. The van der Waals surface area contributed by atoms with Gasteiger partial charge in [0.2, 0.25) is 0 Å². The number of nitrogens with one attached hydrogen (secondary N) is 2. The first kappa shape index (κ1) is 11.6. The van der Waals surface area contributed by atoms with Gasteiger partial charge >= 0.3 is 0 Å². The van der Waals surface area contributed by atoms with Crippen LogP contribution in [0, 0.1) is 12.8 Å². The zero-order valence-corrected chi connectivity index (χ0v) is 10.6. The number of H-pyrrole nitrogens is 1. The van der Waals surface area contributed by atoms with E-state index in [1.807, 2.05) is 0 Å². The molecule has 0 radical (unpaired) electrons. The van der Waals surface area contributed by atoms with E-state index >= 15 is 0 Å². The minimum absolute atomic E-state index is 0.523. The number of aromatic nitrogens is 2. The van der Waals surface area contributed by atoms with Crippen LogP contribution in [-0.4, -0.2) is 23.1 Å². The summed E-state index contributed by atoms with van der Waals surface area (Å²) in [7, 11) is 0. The highest BCUT2D eigenvalue weighted by Crippen LogP contribution is 2.19. The van der Waals surface area contributed by atoms with E-state index in [0.717, 1.165) is 18.9 Å². The summed E-state index contributed by atoms with van der Waals surface area (Å²) in [6, 6.07) is 0. The Labute approximate surface area is 98.1 Å². The lowest BCUT2D eigenvalue weighted by molar-refractivity contribution is 0.371. The number of piperidine rings is 1. The van der Waals surface area contributed by atoms with E-state index < -0.39 is 0 Å². The first-order valence-electron chi connectivity index (χ1n) is 6.43. The predicted molar refractivity (Wildman–Crippen MR) is 66.7 cm³/mol. The molecule has 0 spiro atoms. The second-order valence-electron chi connectivity index (χ2n) is 5.26. The molecule has 1 unspecified atom stereocenters. The van der Waals surface area contributed by atoms with Gasteiger partial charge in [-0.2, -0.15) is 0 Å². The van der Waals surface area contributed by atoms with Gasteiger partial charge in [-0.1, -0.05) is 13.8 Å². The molecule has 1 atom stereocenters. The van der Waals surface area contributed by atoms with Crippen LogP contribution in [0.5, 0.6) is 0 Å². The number of hydrogen-bond donors (Lipinski definition) is 2. The van der Waals surface area contributed by atoms with Gasteiger partial charge in [-0.3, -0.25) is 0 Å². The Hall–Kier alpha value is -0.830. The molecule has 0 aromatic carbocycles. The van der Waals surface area contributed by atoms with Crippen molar-refractivity contribution in [3.8, 4) is 0 Å². The lowest BCUT2D eigenvalue weighted by Crippen LogP contribution is -2.31. The average molecular weight is 221 g/mol. The number of aryl methyl sites for hydroxylation is 1. The first-order chi connectivity index (χ1) is 7.66. The highest BCUT2D eigenvalue weighted by atomic mass is 14.9. The maximum Gasteiger partial charge on any atom is 0.106 e. The molecule has 1 aromatic heterocycles. The Morgan fingerprint density at radius 1 is 1.44 bits per heavy atom. The van der Waals surface area contributed by atoms with Gasteiger partial charge in [-0.05, 0) is 44.7 Å². The molecule has 1 aromatic rings. The fourth-order valence-electron chi connectivity index (χ4n) is 2.57. The number of aromatic amines is 1. The van der Waals surface area contributed by atoms with E-state index in [-0.39, 0.29) is 0 Å². The second kappa shape index (κ2) is 5.00. The van der Waals surface area contributed by atoms with Gasteiger partial charge in [0.15, 0.2) is 0 Å². The molecular formula is C13H23N3. The molecule has 0 saturated carbocycles. The van der Waals surface area contributed by atoms with Crippen molar-refractivity contribution in [3.63, 3.8) is 0 Å². The van der Waals surface area contributed by atoms with Crippen LogP contribution in [0.25, 0.3) is 0 Å².